The molecule has 3 rings (SSSR count). The summed E-state index contributed by atoms with van der Waals surface area (Å²) in [6, 6.07) is 5.87. The number of hydrogen-bond acceptors (Lipinski definition) is 5. The van der Waals surface area contributed by atoms with E-state index in [0.717, 1.165) is 21.7 Å². The summed E-state index contributed by atoms with van der Waals surface area (Å²) in [6.07, 6.45) is 3.48. The summed E-state index contributed by atoms with van der Waals surface area (Å²) in [4.78, 5) is 5.18. The molecule has 3 heterocycles. The van der Waals surface area contributed by atoms with Gasteiger partial charge < -0.3 is 10.3 Å². The molecule has 0 amide bonds. The van der Waals surface area contributed by atoms with E-state index in [1.165, 1.54) is 5.56 Å². The molecule has 0 spiro atoms. The van der Waals surface area contributed by atoms with Crippen molar-refractivity contribution in [2.24, 2.45) is 0 Å². The van der Waals surface area contributed by atoms with Crippen LogP contribution in [0.2, 0.25) is 0 Å². The number of anilines is 1. The molecule has 0 aliphatic carbocycles. The van der Waals surface area contributed by atoms with Crippen molar-refractivity contribution in [2.75, 3.05) is 5.73 Å². The Hall–Kier alpha value is -2.14. The van der Waals surface area contributed by atoms with Crippen LogP contribution in [0.25, 0.3) is 21.7 Å². The van der Waals surface area contributed by atoms with Crippen LogP contribution in [-0.2, 0) is 0 Å². The molecule has 0 fully saturated rings. The molecule has 0 radical (unpaired) electrons. The summed E-state index contributed by atoms with van der Waals surface area (Å²) in [6.45, 7) is 2.05. The smallest absolute Gasteiger partial charge is 0.230 e. The quantitative estimate of drug-likeness (QED) is 0.764. The van der Waals surface area contributed by atoms with Crippen LogP contribution in [0.5, 0.6) is 0 Å². The topological polar surface area (TPSA) is 64.9 Å². The third-order valence-corrected chi connectivity index (χ3v) is 3.77. The second-order valence-corrected chi connectivity index (χ2v) is 4.86. The van der Waals surface area contributed by atoms with E-state index < -0.39 is 0 Å². The average molecular weight is 257 g/mol. The van der Waals surface area contributed by atoms with E-state index in [2.05, 4.69) is 16.2 Å². The second-order valence-electron chi connectivity index (χ2n) is 3.94. The Bertz CT molecular complexity index is 673. The maximum Gasteiger partial charge on any atom is 0.230 e. The fourth-order valence-electron chi connectivity index (χ4n) is 1.86. The van der Waals surface area contributed by atoms with Gasteiger partial charge >= 0.3 is 0 Å². The summed E-state index contributed by atoms with van der Waals surface area (Å²) in [5, 5.41) is 6.11. The monoisotopic (exact) mass is 257 g/mol. The first-order chi connectivity index (χ1) is 8.77. The van der Waals surface area contributed by atoms with Crippen molar-refractivity contribution < 1.29 is 4.52 Å². The van der Waals surface area contributed by atoms with E-state index in [1.807, 2.05) is 24.4 Å². The predicted molar refractivity (Wildman–Crippen MR) is 72.2 cm³/mol. The van der Waals surface area contributed by atoms with Crippen molar-refractivity contribution in [1.82, 2.24) is 10.1 Å². The number of aromatic nitrogens is 2. The number of thiophene rings is 1. The lowest BCUT2D eigenvalue weighted by atomic mass is 10.1. The number of nitrogens with two attached hydrogens (primary N) is 1. The summed E-state index contributed by atoms with van der Waals surface area (Å²) >= 11 is 1.63. The predicted octanol–water partition coefficient (Wildman–Crippen LogP) is 3.36. The van der Waals surface area contributed by atoms with E-state index in [0.29, 0.717) is 5.88 Å². The van der Waals surface area contributed by atoms with E-state index in [-0.39, 0.29) is 0 Å². The highest BCUT2D eigenvalue weighted by atomic mass is 32.1. The molecule has 2 N–H and O–H groups in total. The van der Waals surface area contributed by atoms with E-state index in [1.54, 1.807) is 23.7 Å². The highest BCUT2D eigenvalue weighted by Crippen LogP contribution is 2.39. The molecule has 90 valence electrons. The molecular weight excluding hydrogens is 246 g/mol. The van der Waals surface area contributed by atoms with Crippen LogP contribution in [0.3, 0.4) is 0 Å². The lowest BCUT2D eigenvalue weighted by molar-refractivity contribution is 0.439. The SMILES string of the molecule is Cc1ccsc1-c1noc(N)c1-c1cccnc1. The number of aryl methyl sites for hydroxylation is 1. The van der Waals surface area contributed by atoms with Crippen LogP contribution in [0.1, 0.15) is 5.56 Å². The molecule has 3 aromatic rings. The number of pyridine rings is 1. The minimum atomic E-state index is 0.325. The van der Waals surface area contributed by atoms with Gasteiger partial charge in [-0.25, -0.2) is 0 Å². The van der Waals surface area contributed by atoms with Gasteiger partial charge in [-0.2, -0.15) is 0 Å². The summed E-state index contributed by atoms with van der Waals surface area (Å²) in [5.41, 5.74) is 9.56. The van der Waals surface area contributed by atoms with Gasteiger partial charge in [0.15, 0.2) is 0 Å². The first kappa shape index (κ1) is 11.0. The normalized spacial score (nSPS) is 10.7. The molecule has 3 aromatic heterocycles. The summed E-state index contributed by atoms with van der Waals surface area (Å²) in [7, 11) is 0. The number of nitrogen functional groups attached to an aromatic ring is 1. The Morgan fingerprint density at radius 2 is 2.22 bits per heavy atom. The van der Waals surface area contributed by atoms with E-state index >= 15 is 0 Å². The number of rotatable bonds is 2. The van der Waals surface area contributed by atoms with Crippen LogP contribution in [0, 0.1) is 6.92 Å². The van der Waals surface area contributed by atoms with Crippen molar-refractivity contribution in [1.29, 1.82) is 0 Å². The van der Waals surface area contributed by atoms with Crippen LogP contribution in [0.4, 0.5) is 5.88 Å². The Balaban J connectivity index is 2.22. The highest BCUT2D eigenvalue weighted by molar-refractivity contribution is 7.13. The van der Waals surface area contributed by atoms with Crippen LogP contribution in [0.15, 0.2) is 40.5 Å². The van der Waals surface area contributed by atoms with Crippen molar-refractivity contribution >= 4 is 17.2 Å². The lowest BCUT2D eigenvalue weighted by Gasteiger charge is -2.01. The fraction of sp³-hybridized carbons (Fsp3) is 0.0769. The van der Waals surface area contributed by atoms with E-state index in [9.17, 15) is 0 Å². The van der Waals surface area contributed by atoms with Gasteiger partial charge in [-0.05, 0) is 30.0 Å². The van der Waals surface area contributed by atoms with Gasteiger partial charge in [0.1, 0.15) is 5.69 Å². The van der Waals surface area contributed by atoms with Gasteiger partial charge in [0.25, 0.3) is 0 Å². The third kappa shape index (κ3) is 1.69. The number of hydrogen-bond donors (Lipinski definition) is 1. The number of nitrogens with zero attached hydrogens (tertiary/aromatic N) is 2. The maximum absolute atomic E-state index is 5.88. The molecule has 0 unspecified atom stereocenters. The zero-order valence-electron chi connectivity index (χ0n) is 9.75. The largest absolute Gasteiger partial charge is 0.367 e. The van der Waals surface area contributed by atoms with Crippen molar-refractivity contribution in [2.45, 2.75) is 6.92 Å². The molecule has 0 saturated carbocycles. The molecule has 18 heavy (non-hydrogen) atoms. The average Bonchev–Trinajstić information content (AvgIpc) is 2.96. The third-order valence-electron chi connectivity index (χ3n) is 2.75. The van der Waals surface area contributed by atoms with Crippen LogP contribution < -0.4 is 5.73 Å². The van der Waals surface area contributed by atoms with Crippen LogP contribution in [-0.4, -0.2) is 10.1 Å². The van der Waals surface area contributed by atoms with Crippen molar-refractivity contribution in [3.05, 3.63) is 41.5 Å². The zero-order chi connectivity index (χ0) is 12.5. The van der Waals surface area contributed by atoms with Gasteiger partial charge in [0, 0.05) is 18.0 Å². The summed E-state index contributed by atoms with van der Waals surface area (Å²) in [5.74, 6) is 0.325. The Kier molecular flexibility index (Phi) is 2.60. The molecule has 0 atom stereocenters. The Morgan fingerprint density at radius 1 is 1.33 bits per heavy atom. The van der Waals surface area contributed by atoms with Gasteiger partial charge in [-0.3, -0.25) is 4.98 Å². The zero-order valence-corrected chi connectivity index (χ0v) is 10.6. The Morgan fingerprint density at radius 3 is 2.89 bits per heavy atom. The van der Waals surface area contributed by atoms with Gasteiger partial charge in [0.05, 0.1) is 10.4 Å². The molecule has 0 bridgehead atoms. The molecule has 0 aromatic carbocycles. The van der Waals surface area contributed by atoms with Crippen LogP contribution >= 0.6 is 11.3 Å². The second kappa shape index (κ2) is 4.27. The molecular formula is C13H11N3OS. The van der Waals surface area contributed by atoms with Crippen molar-refractivity contribution in [3.63, 3.8) is 0 Å². The lowest BCUT2D eigenvalue weighted by Crippen LogP contribution is -1.87. The fourth-order valence-corrected chi connectivity index (χ4v) is 2.78. The van der Waals surface area contributed by atoms with E-state index in [4.69, 9.17) is 10.3 Å². The molecule has 0 saturated heterocycles. The molecule has 0 aliphatic heterocycles. The Labute approximate surface area is 108 Å². The van der Waals surface area contributed by atoms with Gasteiger partial charge in [0.2, 0.25) is 5.88 Å². The molecule has 5 heteroatoms. The van der Waals surface area contributed by atoms with Gasteiger partial charge in [-0.1, -0.05) is 11.2 Å². The minimum Gasteiger partial charge on any atom is -0.367 e. The summed E-state index contributed by atoms with van der Waals surface area (Å²) < 4.78 is 5.14. The molecule has 4 nitrogen and oxygen atoms in total. The first-order valence-corrected chi connectivity index (χ1v) is 6.35. The highest BCUT2D eigenvalue weighted by Gasteiger charge is 2.19. The first-order valence-electron chi connectivity index (χ1n) is 5.47. The van der Waals surface area contributed by atoms with Crippen molar-refractivity contribution in [3.8, 4) is 21.7 Å². The minimum absolute atomic E-state index is 0.325. The maximum atomic E-state index is 5.88. The molecule has 0 aliphatic rings. The van der Waals surface area contributed by atoms with Gasteiger partial charge in [-0.15, -0.1) is 11.3 Å². The standard InChI is InChI=1S/C13H11N3OS/c1-8-4-6-18-12(8)11-10(13(14)17-16-11)9-3-2-5-15-7-9/h2-7H,14H2,1H3.